The minimum Gasteiger partial charge on any atom is -0.359 e. The summed E-state index contributed by atoms with van der Waals surface area (Å²) in [5.74, 6) is -0.323. The molecule has 0 spiro atoms. The van der Waals surface area contributed by atoms with Gasteiger partial charge in [0.15, 0.2) is 0 Å². The van der Waals surface area contributed by atoms with Crippen LogP contribution in [0, 0.1) is 5.92 Å². The summed E-state index contributed by atoms with van der Waals surface area (Å²) < 4.78 is 0. The van der Waals surface area contributed by atoms with E-state index in [0.717, 1.165) is 17.5 Å². The number of hydrogen-bond acceptors (Lipinski definition) is 3. The number of rotatable bonds is 4. The van der Waals surface area contributed by atoms with Gasteiger partial charge in [-0.05, 0) is 18.1 Å². The van der Waals surface area contributed by atoms with Gasteiger partial charge in [0, 0.05) is 38.7 Å². The van der Waals surface area contributed by atoms with E-state index in [0.29, 0.717) is 19.6 Å². The Morgan fingerprint density at radius 3 is 2.58 bits per heavy atom. The van der Waals surface area contributed by atoms with Crippen LogP contribution in [0.2, 0.25) is 0 Å². The smallest absolute Gasteiger partial charge is 0.254 e. The van der Waals surface area contributed by atoms with Gasteiger partial charge < -0.3 is 15.1 Å². The Morgan fingerprint density at radius 1 is 1.21 bits per heavy atom. The molecule has 1 atom stereocenters. The largest absolute Gasteiger partial charge is 0.359 e. The van der Waals surface area contributed by atoms with Crippen molar-refractivity contribution in [3.63, 3.8) is 0 Å². The Hall–Kier alpha value is -2.37. The predicted octanol–water partition coefficient (Wildman–Crippen LogP) is 0.668. The van der Waals surface area contributed by atoms with Gasteiger partial charge >= 0.3 is 0 Å². The number of carbonyl (C=O) groups is 3. The van der Waals surface area contributed by atoms with Crippen molar-refractivity contribution in [2.75, 3.05) is 26.7 Å². The van der Waals surface area contributed by atoms with Gasteiger partial charge in [-0.25, -0.2) is 0 Å². The molecule has 1 aromatic carbocycles. The summed E-state index contributed by atoms with van der Waals surface area (Å²) in [5, 5.41) is 2.60. The first-order valence-corrected chi connectivity index (χ1v) is 8.43. The summed E-state index contributed by atoms with van der Waals surface area (Å²) >= 11 is 0. The van der Waals surface area contributed by atoms with Crippen molar-refractivity contribution in [3.8, 4) is 0 Å². The standard InChI is InChI=1S/C18H23N3O3/c1-3-12-6-4-5-7-15(12)18(24)20-10-14(11-20)21-9-13(8-16(21)22)17(23)19-2/h4-7,13-14H,3,8-11H2,1-2H3,(H,19,23). The van der Waals surface area contributed by atoms with E-state index in [2.05, 4.69) is 5.32 Å². The minimum absolute atomic E-state index is 0.00894. The molecule has 0 bridgehead atoms. The van der Waals surface area contributed by atoms with Crippen molar-refractivity contribution in [2.24, 2.45) is 5.92 Å². The third kappa shape index (κ3) is 2.88. The number of hydrogen-bond donors (Lipinski definition) is 1. The first-order chi connectivity index (χ1) is 11.5. The van der Waals surface area contributed by atoms with Crippen LogP contribution in [0.25, 0.3) is 0 Å². The molecule has 128 valence electrons. The number of amides is 3. The van der Waals surface area contributed by atoms with Gasteiger partial charge in [-0.2, -0.15) is 0 Å². The van der Waals surface area contributed by atoms with Crippen LogP contribution >= 0.6 is 0 Å². The molecule has 2 aliphatic rings. The molecule has 2 aliphatic heterocycles. The van der Waals surface area contributed by atoms with Gasteiger partial charge in [0.05, 0.1) is 12.0 Å². The number of nitrogens with zero attached hydrogens (tertiary/aromatic N) is 2. The van der Waals surface area contributed by atoms with Crippen LogP contribution in [0.5, 0.6) is 0 Å². The van der Waals surface area contributed by atoms with Crippen molar-refractivity contribution in [3.05, 3.63) is 35.4 Å². The van der Waals surface area contributed by atoms with Crippen LogP contribution in [-0.2, 0) is 16.0 Å². The van der Waals surface area contributed by atoms with Gasteiger partial charge in [0.25, 0.3) is 5.91 Å². The van der Waals surface area contributed by atoms with E-state index in [1.165, 1.54) is 0 Å². The lowest BCUT2D eigenvalue weighted by Crippen LogP contribution is -2.61. The molecule has 2 heterocycles. The molecular formula is C18H23N3O3. The molecule has 0 saturated carbocycles. The topological polar surface area (TPSA) is 69.7 Å². The van der Waals surface area contributed by atoms with Crippen LogP contribution < -0.4 is 5.32 Å². The maximum Gasteiger partial charge on any atom is 0.254 e. The molecule has 2 saturated heterocycles. The van der Waals surface area contributed by atoms with Crippen LogP contribution in [0.15, 0.2) is 24.3 Å². The zero-order chi connectivity index (χ0) is 17.3. The summed E-state index contributed by atoms with van der Waals surface area (Å²) in [6, 6.07) is 7.68. The molecule has 3 amide bonds. The van der Waals surface area contributed by atoms with Crippen molar-refractivity contribution in [2.45, 2.75) is 25.8 Å². The monoisotopic (exact) mass is 329 g/mol. The molecule has 0 aromatic heterocycles. The van der Waals surface area contributed by atoms with Gasteiger partial charge in [0.1, 0.15) is 0 Å². The van der Waals surface area contributed by atoms with E-state index < -0.39 is 0 Å². The zero-order valence-electron chi connectivity index (χ0n) is 14.1. The molecule has 1 N–H and O–H groups in total. The lowest BCUT2D eigenvalue weighted by Gasteiger charge is -2.44. The molecule has 3 rings (SSSR count). The fraction of sp³-hybridized carbons (Fsp3) is 0.500. The third-order valence-corrected chi connectivity index (χ3v) is 4.99. The second-order valence-corrected chi connectivity index (χ2v) is 6.44. The highest BCUT2D eigenvalue weighted by Gasteiger charge is 2.43. The molecule has 2 fully saturated rings. The lowest BCUT2D eigenvalue weighted by molar-refractivity contribution is -0.132. The summed E-state index contributed by atoms with van der Waals surface area (Å²) in [6.45, 7) is 3.58. The molecule has 6 nitrogen and oxygen atoms in total. The number of nitrogens with one attached hydrogen (secondary N) is 1. The van der Waals surface area contributed by atoms with Crippen molar-refractivity contribution in [1.82, 2.24) is 15.1 Å². The number of aryl methyl sites for hydroxylation is 1. The van der Waals surface area contributed by atoms with Gasteiger partial charge in [0.2, 0.25) is 11.8 Å². The third-order valence-electron chi connectivity index (χ3n) is 4.99. The average Bonchev–Trinajstić information content (AvgIpc) is 2.94. The van der Waals surface area contributed by atoms with E-state index in [1.54, 1.807) is 16.8 Å². The Labute approximate surface area is 141 Å². The Balaban J connectivity index is 1.60. The molecule has 1 aromatic rings. The summed E-state index contributed by atoms with van der Waals surface area (Å²) in [5.41, 5.74) is 1.79. The molecule has 0 aliphatic carbocycles. The van der Waals surface area contributed by atoms with E-state index in [-0.39, 0.29) is 36.1 Å². The van der Waals surface area contributed by atoms with Crippen molar-refractivity contribution >= 4 is 17.7 Å². The second-order valence-electron chi connectivity index (χ2n) is 6.44. The first-order valence-electron chi connectivity index (χ1n) is 8.43. The highest BCUT2D eigenvalue weighted by atomic mass is 16.2. The predicted molar refractivity (Wildman–Crippen MR) is 89.4 cm³/mol. The quantitative estimate of drug-likeness (QED) is 0.883. The molecule has 24 heavy (non-hydrogen) atoms. The van der Waals surface area contributed by atoms with Crippen LogP contribution in [0.3, 0.4) is 0 Å². The molecule has 6 heteroatoms. The van der Waals surface area contributed by atoms with Crippen molar-refractivity contribution in [1.29, 1.82) is 0 Å². The first kappa shape index (κ1) is 16.5. The normalized spacial score (nSPS) is 20.9. The summed E-state index contributed by atoms with van der Waals surface area (Å²) in [6.07, 6.45) is 1.08. The zero-order valence-corrected chi connectivity index (χ0v) is 14.1. The van der Waals surface area contributed by atoms with Crippen LogP contribution in [0.4, 0.5) is 0 Å². The SMILES string of the molecule is CCc1ccccc1C(=O)N1CC(N2CC(C(=O)NC)CC2=O)C1. The number of carbonyl (C=O) groups excluding carboxylic acids is 3. The van der Waals surface area contributed by atoms with E-state index in [4.69, 9.17) is 0 Å². The van der Waals surface area contributed by atoms with Crippen molar-refractivity contribution < 1.29 is 14.4 Å². The Morgan fingerprint density at radius 2 is 1.92 bits per heavy atom. The Kier molecular flexibility index (Phi) is 4.55. The van der Waals surface area contributed by atoms with Crippen LogP contribution in [0.1, 0.15) is 29.3 Å². The second kappa shape index (κ2) is 6.63. The van der Waals surface area contributed by atoms with Gasteiger partial charge in [-0.15, -0.1) is 0 Å². The maximum atomic E-state index is 12.6. The number of benzene rings is 1. The van der Waals surface area contributed by atoms with Gasteiger partial charge in [-0.1, -0.05) is 25.1 Å². The molecular weight excluding hydrogens is 306 g/mol. The number of likely N-dealkylation sites (tertiary alicyclic amines) is 2. The molecule has 1 unspecified atom stereocenters. The van der Waals surface area contributed by atoms with Crippen LogP contribution in [-0.4, -0.2) is 60.2 Å². The Bertz CT molecular complexity index is 667. The fourth-order valence-electron chi connectivity index (χ4n) is 3.49. The maximum absolute atomic E-state index is 12.6. The van der Waals surface area contributed by atoms with E-state index in [9.17, 15) is 14.4 Å². The van der Waals surface area contributed by atoms with Gasteiger partial charge in [-0.3, -0.25) is 14.4 Å². The fourth-order valence-corrected chi connectivity index (χ4v) is 3.49. The highest BCUT2D eigenvalue weighted by Crippen LogP contribution is 2.26. The highest BCUT2D eigenvalue weighted by molar-refractivity contribution is 5.96. The summed E-state index contributed by atoms with van der Waals surface area (Å²) in [4.78, 5) is 40.0. The average molecular weight is 329 g/mol. The lowest BCUT2D eigenvalue weighted by atomic mass is 10.0. The van der Waals surface area contributed by atoms with E-state index >= 15 is 0 Å². The summed E-state index contributed by atoms with van der Waals surface area (Å²) in [7, 11) is 1.59. The molecule has 0 radical (unpaired) electrons. The van der Waals surface area contributed by atoms with E-state index in [1.807, 2.05) is 31.2 Å². The minimum atomic E-state index is -0.270.